The predicted octanol–water partition coefficient (Wildman–Crippen LogP) is 6.90. The Morgan fingerprint density at radius 3 is 2.21 bits per heavy atom. The van der Waals surface area contributed by atoms with Crippen molar-refractivity contribution in [2.45, 2.75) is 43.7 Å². The molecule has 2 amide bonds. The van der Waals surface area contributed by atoms with Gasteiger partial charge < -0.3 is 20.4 Å². The number of anilines is 1. The average molecular weight is 506 g/mol. The van der Waals surface area contributed by atoms with Gasteiger partial charge in [-0.25, -0.2) is 4.79 Å². The van der Waals surface area contributed by atoms with Gasteiger partial charge in [-0.2, -0.15) is 0 Å². The highest BCUT2D eigenvalue weighted by atomic mass is 32.5. The number of fused-ring (bicyclic) bond motifs is 1. The van der Waals surface area contributed by atoms with E-state index in [9.17, 15) is 29.0 Å². The van der Waals surface area contributed by atoms with Crippen molar-refractivity contribution in [2.75, 3.05) is 5.32 Å². The molecule has 0 fully saturated rings. The molecule has 3 rings (SSSR count). The van der Waals surface area contributed by atoms with E-state index in [2.05, 4.69) is 15.6 Å². The Morgan fingerprint density at radius 2 is 1.62 bits per heavy atom. The van der Waals surface area contributed by atoms with Crippen molar-refractivity contribution >= 4 is 38.8 Å². The van der Waals surface area contributed by atoms with Crippen LogP contribution in [-0.4, -0.2) is 28.6 Å². The normalized spacial score (nSPS) is 15.2. The number of aromatic nitrogens is 1. The molecule has 3 aromatic rings. The maximum Gasteiger partial charge on any atom is 0.408 e. The molecule has 0 aliphatic carbocycles. The summed E-state index contributed by atoms with van der Waals surface area (Å²) in [6, 6.07) is 7.95. The number of ether oxygens (including phenoxy) is 1. The molecule has 0 saturated carbocycles. The maximum atomic E-state index is 12.9. The first-order valence-corrected chi connectivity index (χ1v) is 12.1. The SMILES string of the molecule is CC(C)(C)OC(=O)N[C@@H](Cc1c[nH]c2ccccc12)C(=O)Nc1ccc(S(F)(F)(F)(F)F)cc1. The minimum absolute atomic E-state index is 0.0264. The number of aromatic amines is 1. The van der Waals surface area contributed by atoms with Crippen LogP contribution in [0.4, 0.5) is 29.9 Å². The number of alkyl carbamates (subject to hydrolysis) is 1. The Labute approximate surface area is 192 Å². The molecule has 0 unspecified atom stereocenters. The molecular weight excluding hydrogens is 481 g/mol. The lowest BCUT2D eigenvalue weighted by molar-refractivity contribution is -0.118. The number of halogens is 5. The highest BCUT2D eigenvalue weighted by Crippen LogP contribution is 3.02. The van der Waals surface area contributed by atoms with Crippen LogP contribution in [0.1, 0.15) is 26.3 Å². The Morgan fingerprint density at radius 1 is 1.00 bits per heavy atom. The lowest BCUT2D eigenvalue weighted by Crippen LogP contribution is -2.47. The van der Waals surface area contributed by atoms with Gasteiger partial charge in [0.1, 0.15) is 16.5 Å². The zero-order valence-corrected chi connectivity index (χ0v) is 19.3. The van der Waals surface area contributed by atoms with Crippen molar-refractivity contribution < 1.29 is 33.8 Å². The molecule has 0 spiro atoms. The van der Waals surface area contributed by atoms with E-state index in [1.165, 1.54) is 0 Å². The van der Waals surface area contributed by atoms with Crippen molar-refractivity contribution in [2.24, 2.45) is 0 Å². The average Bonchev–Trinajstić information content (AvgIpc) is 3.07. The van der Waals surface area contributed by atoms with Gasteiger partial charge in [0.05, 0.1) is 0 Å². The summed E-state index contributed by atoms with van der Waals surface area (Å²) in [5.74, 6) is -0.767. The van der Waals surface area contributed by atoms with E-state index >= 15 is 0 Å². The Balaban J connectivity index is 1.83. The van der Waals surface area contributed by atoms with Crippen LogP contribution in [0.2, 0.25) is 0 Å². The van der Waals surface area contributed by atoms with Crippen LogP contribution in [-0.2, 0) is 16.0 Å². The predicted molar refractivity (Wildman–Crippen MR) is 122 cm³/mol. The van der Waals surface area contributed by atoms with Gasteiger partial charge in [0.25, 0.3) is 0 Å². The van der Waals surface area contributed by atoms with Gasteiger partial charge in [-0.05, 0) is 56.7 Å². The minimum Gasteiger partial charge on any atom is -0.444 e. The summed E-state index contributed by atoms with van der Waals surface area (Å²) in [5.41, 5.74) is 0.516. The first kappa shape index (κ1) is 25.3. The summed E-state index contributed by atoms with van der Waals surface area (Å²) in [6.07, 6.45) is 0.827. The Bertz CT molecular complexity index is 1220. The van der Waals surface area contributed by atoms with Gasteiger partial charge in [-0.3, -0.25) is 4.79 Å². The number of H-pyrrole nitrogens is 1. The Kier molecular flexibility index (Phi) is 5.89. The number of para-hydroxylation sites is 1. The third-order valence-corrected chi connectivity index (χ3v) is 5.84. The highest BCUT2D eigenvalue weighted by molar-refractivity contribution is 8.45. The molecule has 34 heavy (non-hydrogen) atoms. The fourth-order valence-corrected chi connectivity index (χ4v) is 3.85. The van der Waals surface area contributed by atoms with Crippen molar-refractivity contribution in [3.05, 3.63) is 60.3 Å². The summed E-state index contributed by atoms with van der Waals surface area (Å²) in [6.45, 7) is 4.92. The largest absolute Gasteiger partial charge is 0.444 e. The molecule has 1 heterocycles. The summed E-state index contributed by atoms with van der Waals surface area (Å²) < 4.78 is 69.9. The number of benzene rings is 2. The standard InChI is InChI=1S/C22H24F5N3O3S/c1-22(2,3)33-21(32)30-19(12-14-13-28-18-7-5-4-6-17(14)18)20(31)29-15-8-10-16(11-9-15)34(23,24,25,26)27/h4-11,13,19,28H,12H2,1-3H3,(H,29,31)(H,30,32)/t19-/m0/s1. The van der Waals surface area contributed by atoms with Crippen molar-refractivity contribution in [1.82, 2.24) is 10.3 Å². The monoisotopic (exact) mass is 505 g/mol. The molecule has 0 radical (unpaired) electrons. The van der Waals surface area contributed by atoms with Gasteiger partial charge in [-0.15, -0.1) is 0 Å². The van der Waals surface area contributed by atoms with Crippen LogP contribution in [0.15, 0.2) is 59.6 Å². The zero-order valence-electron chi connectivity index (χ0n) is 18.5. The third kappa shape index (κ3) is 6.62. The number of amides is 2. The second kappa shape index (κ2) is 7.90. The number of carbonyl (C=O) groups excluding carboxylic acids is 2. The summed E-state index contributed by atoms with van der Waals surface area (Å²) in [4.78, 5) is 26.2. The molecular formula is C22H24F5N3O3S. The number of hydrogen-bond donors (Lipinski definition) is 3. The zero-order chi connectivity index (χ0) is 25.4. The van der Waals surface area contributed by atoms with Gasteiger partial charge in [-0.1, -0.05) is 37.6 Å². The quantitative estimate of drug-likeness (QED) is 0.319. The molecule has 1 aromatic heterocycles. The maximum absolute atomic E-state index is 12.9. The number of hydrogen-bond acceptors (Lipinski definition) is 3. The summed E-state index contributed by atoms with van der Waals surface area (Å²) in [7, 11) is -9.83. The molecule has 12 heteroatoms. The summed E-state index contributed by atoms with van der Waals surface area (Å²) in [5, 5.41) is 5.63. The molecule has 2 aromatic carbocycles. The van der Waals surface area contributed by atoms with Crippen LogP contribution in [0.5, 0.6) is 0 Å². The molecule has 0 saturated heterocycles. The minimum atomic E-state index is -9.83. The fraction of sp³-hybridized carbons (Fsp3) is 0.273. The molecule has 186 valence electrons. The first-order valence-electron chi connectivity index (χ1n) is 10.1. The molecule has 1 atom stereocenters. The van der Waals surface area contributed by atoms with E-state index in [1.807, 2.05) is 18.2 Å². The second-order valence-electron chi connectivity index (χ2n) is 8.75. The first-order chi connectivity index (χ1) is 15.4. The van der Waals surface area contributed by atoms with Gasteiger partial charge in [0.2, 0.25) is 5.91 Å². The van der Waals surface area contributed by atoms with Crippen LogP contribution in [0.25, 0.3) is 10.9 Å². The van der Waals surface area contributed by atoms with E-state index in [0.717, 1.165) is 23.0 Å². The summed E-state index contributed by atoms with van der Waals surface area (Å²) >= 11 is 0. The molecule has 0 aliphatic heterocycles. The molecule has 0 aliphatic rings. The van der Waals surface area contributed by atoms with E-state index in [-0.39, 0.29) is 24.2 Å². The van der Waals surface area contributed by atoms with Crippen LogP contribution in [0, 0.1) is 0 Å². The Hall–Kier alpha value is -3.28. The van der Waals surface area contributed by atoms with Crippen molar-refractivity contribution in [3.63, 3.8) is 0 Å². The van der Waals surface area contributed by atoms with Crippen LogP contribution >= 0.6 is 10.2 Å². The number of rotatable bonds is 6. The fourth-order valence-electron chi connectivity index (χ4n) is 3.20. The number of nitrogens with one attached hydrogen (secondary N) is 3. The molecule has 3 N–H and O–H groups in total. The second-order valence-corrected chi connectivity index (χ2v) is 11.2. The molecule has 6 nitrogen and oxygen atoms in total. The van der Waals surface area contributed by atoms with Gasteiger partial charge >= 0.3 is 16.3 Å². The molecule has 0 bridgehead atoms. The van der Waals surface area contributed by atoms with Crippen molar-refractivity contribution in [3.8, 4) is 0 Å². The van der Waals surface area contributed by atoms with Crippen LogP contribution < -0.4 is 10.6 Å². The highest BCUT2D eigenvalue weighted by Gasteiger charge is 2.65. The van der Waals surface area contributed by atoms with Gasteiger partial charge in [0.15, 0.2) is 0 Å². The van der Waals surface area contributed by atoms with Crippen molar-refractivity contribution in [1.29, 1.82) is 0 Å². The van der Waals surface area contributed by atoms with Crippen LogP contribution in [0.3, 0.4) is 0 Å². The van der Waals surface area contributed by atoms with E-state index in [4.69, 9.17) is 4.74 Å². The lowest BCUT2D eigenvalue weighted by atomic mass is 10.0. The van der Waals surface area contributed by atoms with E-state index in [1.54, 1.807) is 33.0 Å². The van der Waals surface area contributed by atoms with Gasteiger partial charge in [0, 0.05) is 29.2 Å². The number of carbonyl (C=O) groups is 2. The van der Waals surface area contributed by atoms with E-state index < -0.39 is 38.8 Å². The smallest absolute Gasteiger partial charge is 0.408 e. The topological polar surface area (TPSA) is 83.2 Å². The lowest BCUT2D eigenvalue weighted by Gasteiger charge is -2.40. The third-order valence-electron chi connectivity index (χ3n) is 4.67. The van der Waals surface area contributed by atoms with E-state index in [0.29, 0.717) is 5.56 Å².